The van der Waals surface area contributed by atoms with Crippen molar-refractivity contribution in [1.82, 2.24) is 0 Å². The van der Waals surface area contributed by atoms with E-state index in [0.717, 1.165) is 77.0 Å². The lowest BCUT2D eigenvalue weighted by Gasteiger charge is -2.18. The van der Waals surface area contributed by atoms with Crippen molar-refractivity contribution in [1.29, 1.82) is 0 Å². The van der Waals surface area contributed by atoms with E-state index in [4.69, 9.17) is 14.2 Å². The highest BCUT2D eigenvalue weighted by molar-refractivity contribution is 5.71. The lowest BCUT2D eigenvalue weighted by atomic mass is 10.0. The molecule has 6 heteroatoms. The molecule has 0 aromatic carbocycles. The van der Waals surface area contributed by atoms with Crippen molar-refractivity contribution in [2.24, 2.45) is 0 Å². The van der Waals surface area contributed by atoms with Gasteiger partial charge in [-0.1, -0.05) is 204 Å². The summed E-state index contributed by atoms with van der Waals surface area (Å²) in [4.78, 5) is 37.6. The van der Waals surface area contributed by atoms with Gasteiger partial charge in [-0.15, -0.1) is 0 Å². The van der Waals surface area contributed by atoms with E-state index in [1.54, 1.807) is 0 Å². The van der Waals surface area contributed by atoms with Crippen molar-refractivity contribution >= 4 is 17.9 Å². The minimum Gasteiger partial charge on any atom is -0.462 e. The van der Waals surface area contributed by atoms with Gasteiger partial charge in [0.25, 0.3) is 0 Å². The first-order valence-electron chi connectivity index (χ1n) is 23.3. The molecule has 0 amide bonds. The smallest absolute Gasteiger partial charge is 0.306 e. The number of hydrogen-bond donors (Lipinski definition) is 0. The number of unbranched alkanes of at least 4 members (excludes halogenated alkanes) is 20. The molecule has 0 aliphatic rings. The zero-order chi connectivity index (χ0) is 40.8. The molecule has 0 rings (SSSR count). The van der Waals surface area contributed by atoms with Crippen molar-refractivity contribution in [3.05, 3.63) is 60.8 Å². The van der Waals surface area contributed by atoms with E-state index in [1.165, 1.54) is 96.3 Å². The molecule has 0 aromatic heterocycles. The van der Waals surface area contributed by atoms with Crippen LogP contribution in [0.4, 0.5) is 0 Å². The van der Waals surface area contributed by atoms with Crippen molar-refractivity contribution in [3.8, 4) is 0 Å². The highest BCUT2D eigenvalue weighted by atomic mass is 16.6. The summed E-state index contributed by atoms with van der Waals surface area (Å²) in [6.45, 7) is 6.42. The highest BCUT2D eigenvalue weighted by Gasteiger charge is 2.19. The second-order valence-electron chi connectivity index (χ2n) is 15.3. The minimum atomic E-state index is -0.790. The van der Waals surface area contributed by atoms with Crippen molar-refractivity contribution in [2.45, 2.75) is 226 Å². The topological polar surface area (TPSA) is 78.9 Å². The lowest BCUT2D eigenvalue weighted by Crippen LogP contribution is -2.30. The number of esters is 3. The first kappa shape index (κ1) is 53.1. The predicted molar refractivity (Wildman–Crippen MR) is 238 cm³/mol. The third kappa shape index (κ3) is 42.3. The summed E-state index contributed by atoms with van der Waals surface area (Å²) in [6.07, 6.45) is 53.6. The number of allylic oxidation sites excluding steroid dienone is 10. The first-order valence-corrected chi connectivity index (χ1v) is 23.3. The maximum absolute atomic E-state index is 12.7. The molecule has 0 aromatic rings. The second kappa shape index (κ2) is 44.8. The quantitative estimate of drug-likeness (QED) is 0.0266. The third-order valence-electron chi connectivity index (χ3n) is 9.79. The van der Waals surface area contributed by atoms with E-state index in [0.29, 0.717) is 19.3 Å². The van der Waals surface area contributed by atoms with Gasteiger partial charge in [0.1, 0.15) is 13.2 Å². The van der Waals surface area contributed by atoms with Crippen molar-refractivity contribution < 1.29 is 28.6 Å². The molecule has 0 saturated heterocycles. The van der Waals surface area contributed by atoms with Crippen LogP contribution in [0, 0.1) is 0 Å². The van der Waals surface area contributed by atoms with Gasteiger partial charge in [0.05, 0.1) is 0 Å². The Bertz CT molecular complexity index is 1040. The highest BCUT2D eigenvalue weighted by Crippen LogP contribution is 2.14. The molecule has 322 valence electrons. The average Bonchev–Trinajstić information content (AvgIpc) is 3.19. The zero-order valence-electron chi connectivity index (χ0n) is 36.6. The Hall–Kier alpha value is -2.89. The van der Waals surface area contributed by atoms with Gasteiger partial charge < -0.3 is 14.2 Å². The maximum Gasteiger partial charge on any atom is 0.306 e. The Morgan fingerprint density at radius 3 is 1.09 bits per heavy atom. The van der Waals surface area contributed by atoms with E-state index in [2.05, 4.69) is 81.5 Å². The summed E-state index contributed by atoms with van der Waals surface area (Å²) in [5.41, 5.74) is 0. The van der Waals surface area contributed by atoms with Crippen LogP contribution in [0.25, 0.3) is 0 Å². The summed E-state index contributed by atoms with van der Waals surface area (Å²) in [6, 6.07) is 0. The van der Waals surface area contributed by atoms with E-state index < -0.39 is 6.10 Å². The minimum absolute atomic E-state index is 0.0901. The number of rotatable bonds is 41. The molecule has 0 bridgehead atoms. The van der Waals surface area contributed by atoms with Gasteiger partial charge in [0.2, 0.25) is 0 Å². The summed E-state index contributed by atoms with van der Waals surface area (Å²) in [5, 5.41) is 0. The summed E-state index contributed by atoms with van der Waals surface area (Å²) in [7, 11) is 0. The molecule has 0 aliphatic heterocycles. The Balaban J connectivity index is 4.39. The van der Waals surface area contributed by atoms with Crippen molar-refractivity contribution in [2.75, 3.05) is 13.2 Å². The third-order valence-corrected chi connectivity index (χ3v) is 9.79. The summed E-state index contributed by atoms with van der Waals surface area (Å²) < 4.78 is 16.6. The largest absolute Gasteiger partial charge is 0.462 e. The van der Waals surface area contributed by atoms with Crippen LogP contribution < -0.4 is 0 Å². The van der Waals surface area contributed by atoms with Crippen LogP contribution in [0.3, 0.4) is 0 Å². The molecular weight excluding hydrogens is 697 g/mol. The Labute approximate surface area is 345 Å². The molecule has 6 nitrogen and oxygen atoms in total. The molecule has 0 spiro atoms. The fourth-order valence-corrected chi connectivity index (χ4v) is 6.30. The molecular formula is C50H86O6. The monoisotopic (exact) mass is 783 g/mol. The molecule has 0 radical (unpaired) electrons. The van der Waals surface area contributed by atoms with Crippen LogP contribution in [0.15, 0.2) is 60.8 Å². The Morgan fingerprint density at radius 1 is 0.375 bits per heavy atom. The molecule has 56 heavy (non-hydrogen) atoms. The lowest BCUT2D eigenvalue weighted by molar-refractivity contribution is -0.167. The molecule has 1 unspecified atom stereocenters. The molecule has 1 atom stereocenters. The molecule has 0 aliphatic carbocycles. The van der Waals surface area contributed by atoms with Crippen LogP contribution in [-0.2, 0) is 28.6 Å². The first-order chi connectivity index (χ1) is 27.5. The standard InChI is InChI=1S/C50H86O6/c1-4-7-10-13-16-18-20-22-24-25-26-28-29-31-34-37-40-43-49(52)55-46-47(45-54-48(51)42-39-36-33-15-12-9-6-3)56-50(53)44-41-38-35-32-30-27-23-21-19-17-14-11-8-5-2/h7,10,16,18,22,24,26,28,31,34,47H,4-6,8-9,11-15,17,19-21,23,25,27,29-30,32-33,35-46H2,1-3H3/b10-7-,18-16-,24-22-,28-26-,34-31-. The zero-order valence-corrected chi connectivity index (χ0v) is 36.6. The maximum atomic E-state index is 12.7. The molecule has 0 heterocycles. The summed E-state index contributed by atoms with van der Waals surface area (Å²) in [5.74, 6) is -0.957. The van der Waals surface area contributed by atoms with Gasteiger partial charge in [-0.25, -0.2) is 0 Å². The van der Waals surface area contributed by atoms with Crippen LogP contribution in [-0.4, -0.2) is 37.2 Å². The van der Waals surface area contributed by atoms with Crippen molar-refractivity contribution in [3.63, 3.8) is 0 Å². The second-order valence-corrected chi connectivity index (χ2v) is 15.3. The average molecular weight is 783 g/mol. The van der Waals surface area contributed by atoms with Gasteiger partial charge in [-0.2, -0.15) is 0 Å². The Morgan fingerprint density at radius 2 is 0.696 bits per heavy atom. The van der Waals surface area contributed by atoms with Gasteiger partial charge in [0, 0.05) is 19.3 Å². The van der Waals surface area contributed by atoms with Gasteiger partial charge in [-0.3, -0.25) is 14.4 Å². The van der Waals surface area contributed by atoms with E-state index in [1.807, 2.05) is 0 Å². The van der Waals surface area contributed by atoms with E-state index in [9.17, 15) is 14.4 Å². The molecule has 0 fully saturated rings. The van der Waals surface area contributed by atoms with Crippen LogP contribution in [0.1, 0.15) is 220 Å². The van der Waals surface area contributed by atoms with Gasteiger partial charge >= 0.3 is 17.9 Å². The SMILES string of the molecule is CC/C=C\C/C=C\C/C=C\C/C=C\C/C=C\CCCC(=O)OCC(COC(=O)CCCCCCCCC)OC(=O)CCCCCCCCCCCCCCCC. The predicted octanol–water partition coefficient (Wildman–Crippen LogP) is 14.9. The van der Waals surface area contributed by atoms with Crippen LogP contribution in [0.2, 0.25) is 0 Å². The number of carbonyl (C=O) groups excluding carboxylic acids is 3. The number of carbonyl (C=O) groups is 3. The molecule has 0 N–H and O–H groups in total. The molecule has 0 saturated carbocycles. The van der Waals surface area contributed by atoms with E-state index >= 15 is 0 Å². The number of hydrogen-bond acceptors (Lipinski definition) is 6. The summed E-state index contributed by atoms with van der Waals surface area (Å²) >= 11 is 0. The number of ether oxygens (including phenoxy) is 3. The fraction of sp³-hybridized carbons (Fsp3) is 0.740. The van der Waals surface area contributed by atoms with Crippen LogP contribution in [0.5, 0.6) is 0 Å². The van der Waals surface area contributed by atoms with Crippen LogP contribution >= 0.6 is 0 Å². The van der Waals surface area contributed by atoms with Gasteiger partial charge in [0.15, 0.2) is 6.10 Å². The van der Waals surface area contributed by atoms with Gasteiger partial charge in [-0.05, 0) is 57.8 Å². The fourth-order valence-electron chi connectivity index (χ4n) is 6.30. The Kier molecular flexibility index (Phi) is 42.5. The normalized spacial score (nSPS) is 12.6. The van der Waals surface area contributed by atoms with E-state index in [-0.39, 0.29) is 37.5 Å².